The Hall–Kier alpha value is -2.84. The van der Waals surface area contributed by atoms with Crippen molar-refractivity contribution >= 4 is 75.1 Å². The summed E-state index contributed by atoms with van der Waals surface area (Å²) in [6, 6.07) is 17.2. The van der Waals surface area contributed by atoms with E-state index >= 15 is 0 Å². The van der Waals surface area contributed by atoms with E-state index in [1.807, 2.05) is 44.2 Å². The Morgan fingerprint density at radius 3 is 2.36 bits per heavy atom. The minimum atomic E-state index is -0.0970. The molecule has 1 amide bonds. The van der Waals surface area contributed by atoms with Crippen molar-refractivity contribution in [2.45, 2.75) is 39.7 Å². The first-order chi connectivity index (χ1) is 20.4. The zero-order chi connectivity index (χ0) is 29.6. The molecule has 2 fully saturated rings. The van der Waals surface area contributed by atoms with Gasteiger partial charge >= 0.3 is 0 Å². The number of amidine groups is 1. The maximum atomic E-state index is 13.3. The van der Waals surface area contributed by atoms with E-state index in [1.165, 1.54) is 36.7 Å². The number of benzene rings is 3. The van der Waals surface area contributed by atoms with Crippen LogP contribution in [0.15, 0.2) is 64.5 Å². The summed E-state index contributed by atoms with van der Waals surface area (Å²) in [6.07, 6.45) is 5.58. The molecule has 0 bridgehead atoms. The van der Waals surface area contributed by atoms with Gasteiger partial charge in [-0.15, -0.1) is 0 Å². The minimum Gasteiger partial charge on any atom is -0.490 e. The fourth-order valence-corrected chi connectivity index (χ4v) is 6.54. The van der Waals surface area contributed by atoms with Gasteiger partial charge in [0.2, 0.25) is 0 Å². The number of likely N-dealkylation sites (N-methyl/N-ethyl adjacent to an activating group) is 1. The van der Waals surface area contributed by atoms with Crippen molar-refractivity contribution in [1.82, 2.24) is 4.90 Å². The van der Waals surface area contributed by atoms with Crippen LogP contribution in [0, 0.1) is 0 Å². The molecule has 3 aromatic carbocycles. The van der Waals surface area contributed by atoms with Gasteiger partial charge < -0.3 is 14.4 Å². The summed E-state index contributed by atoms with van der Waals surface area (Å²) in [6.45, 7) is 7.18. The van der Waals surface area contributed by atoms with Crippen LogP contribution in [-0.2, 0) is 11.4 Å². The molecule has 42 heavy (non-hydrogen) atoms. The molecule has 220 valence electrons. The highest BCUT2D eigenvalue weighted by Gasteiger charge is 2.32. The summed E-state index contributed by atoms with van der Waals surface area (Å²) in [7, 11) is 0. The van der Waals surface area contributed by atoms with Gasteiger partial charge in [-0.2, -0.15) is 0 Å². The molecular weight excluding hydrogens is 613 g/mol. The molecule has 6 nitrogen and oxygen atoms in total. The summed E-state index contributed by atoms with van der Waals surface area (Å²) in [5.74, 6) is 0.810. The number of carbonyl (C=O) groups excluding carboxylic acids is 1. The van der Waals surface area contributed by atoms with Crippen LogP contribution in [0.3, 0.4) is 0 Å². The Morgan fingerprint density at radius 1 is 0.905 bits per heavy atom. The molecule has 0 aliphatic carbocycles. The van der Waals surface area contributed by atoms with E-state index in [-0.39, 0.29) is 12.5 Å². The van der Waals surface area contributed by atoms with Crippen LogP contribution in [0.5, 0.6) is 11.5 Å². The molecule has 2 saturated heterocycles. The second-order valence-electron chi connectivity index (χ2n) is 9.92. The van der Waals surface area contributed by atoms with Crippen molar-refractivity contribution in [3.05, 3.63) is 85.7 Å². The number of piperidine rings is 1. The molecule has 2 aliphatic rings. The molecular formula is C32H32Cl3N3O3S. The maximum absolute atomic E-state index is 13.3. The first-order valence-electron chi connectivity index (χ1n) is 14.0. The highest BCUT2D eigenvalue weighted by molar-refractivity contribution is 8.18. The monoisotopic (exact) mass is 643 g/mol. The van der Waals surface area contributed by atoms with Gasteiger partial charge in [-0.25, -0.2) is 4.99 Å². The van der Waals surface area contributed by atoms with Gasteiger partial charge in [-0.05, 0) is 111 Å². The quantitative estimate of drug-likeness (QED) is 0.217. The summed E-state index contributed by atoms with van der Waals surface area (Å²) in [5, 5.41) is 1.95. The predicted molar refractivity (Wildman–Crippen MR) is 176 cm³/mol. The molecule has 0 unspecified atom stereocenters. The summed E-state index contributed by atoms with van der Waals surface area (Å²) >= 11 is 20.2. The number of hydrogen-bond acceptors (Lipinski definition) is 6. The number of halogens is 3. The zero-order valence-electron chi connectivity index (χ0n) is 23.5. The normalized spacial score (nSPS) is 17.4. The first kappa shape index (κ1) is 30.6. The highest BCUT2D eigenvalue weighted by atomic mass is 35.5. The average Bonchev–Trinajstić information content (AvgIpc) is 3.28. The number of amides is 1. The number of hydrogen-bond donors (Lipinski definition) is 0. The fraction of sp³-hybridized carbons (Fsp3) is 0.312. The van der Waals surface area contributed by atoms with E-state index in [4.69, 9.17) is 49.3 Å². The lowest BCUT2D eigenvalue weighted by molar-refractivity contribution is -0.122. The van der Waals surface area contributed by atoms with Crippen molar-refractivity contribution in [3.8, 4) is 11.5 Å². The fourth-order valence-electron chi connectivity index (χ4n) is 4.88. The number of anilines is 1. The topological polar surface area (TPSA) is 54.4 Å². The third-order valence-electron chi connectivity index (χ3n) is 7.00. The Bertz CT molecular complexity index is 1500. The Labute approximate surface area is 266 Å². The second-order valence-corrected chi connectivity index (χ2v) is 12.1. The Morgan fingerprint density at radius 2 is 1.67 bits per heavy atom. The molecule has 0 atom stereocenters. The van der Waals surface area contributed by atoms with Gasteiger partial charge in [-0.3, -0.25) is 9.69 Å². The van der Waals surface area contributed by atoms with E-state index in [2.05, 4.69) is 17.0 Å². The van der Waals surface area contributed by atoms with Crippen molar-refractivity contribution in [1.29, 1.82) is 0 Å². The van der Waals surface area contributed by atoms with E-state index in [1.54, 1.807) is 23.1 Å². The smallest absolute Gasteiger partial charge is 0.266 e. The maximum Gasteiger partial charge on any atom is 0.266 e. The van der Waals surface area contributed by atoms with Crippen LogP contribution in [0.2, 0.25) is 15.1 Å². The van der Waals surface area contributed by atoms with Gasteiger partial charge in [0.05, 0.1) is 32.3 Å². The summed E-state index contributed by atoms with van der Waals surface area (Å²) in [5.41, 5.74) is 3.60. The van der Waals surface area contributed by atoms with Crippen LogP contribution in [0.1, 0.15) is 44.2 Å². The second kappa shape index (κ2) is 14.1. The summed E-state index contributed by atoms with van der Waals surface area (Å²) < 4.78 is 11.9. The predicted octanol–water partition coefficient (Wildman–Crippen LogP) is 9.24. The molecule has 0 spiro atoms. The number of ether oxygens (including phenoxy) is 2. The van der Waals surface area contributed by atoms with Crippen molar-refractivity contribution in [2.75, 3.05) is 31.1 Å². The number of thioether (sulfide) groups is 1. The Kier molecular flexibility index (Phi) is 10.3. The Balaban J connectivity index is 1.35. The molecule has 2 heterocycles. The van der Waals surface area contributed by atoms with Crippen molar-refractivity contribution in [3.63, 3.8) is 0 Å². The van der Waals surface area contributed by atoms with Crippen LogP contribution in [-0.4, -0.2) is 42.2 Å². The standard InChI is InChI=1S/C32H32Cl3N3O3S/c1-3-38-31(39)29(42-32(38)36-23-9-11-24(12-10-23)37-14-6-5-7-15-37)19-22-17-27(35)30(28(18-22)40-4-2)41-20-21-8-13-25(33)26(34)16-21/h8-13,16-19H,3-7,14-15,20H2,1-2H3/b29-19-,36-32?. The molecule has 3 aromatic rings. The average molecular weight is 645 g/mol. The number of nitrogens with zero attached hydrogens (tertiary/aromatic N) is 3. The van der Waals surface area contributed by atoms with E-state index in [0.717, 1.165) is 29.9 Å². The van der Waals surface area contributed by atoms with Gasteiger partial charge in [-0.1, -0.05) is 40.9 Å². The van der Waals surface area contributed by atoms with Gasteiger partial charge in [0.1, 0.15) is 6.61 Å². The SMILES string of the molecule is CCOc1cc(/C=C2\SC(=Nc3ccc(N4CCCCC4)cc3)N(CC)C2=O)cc(Cl)c1OCc1ccc(Cl)c(Cl)c1. The van der Waals surface area contributed by atoms with Gasteiger partial charge in [0.25, 0.3) is 5.91 Å². The van der Waals surface area contributed by atoms with E-state index in [0.29, 0.717) is 49.8 Å². The third kappa shape index (κ3) is 7.20. The lowest BCUT2D eigenvalue weighted by Gasteiger charge is -2.28. The molecule has 0 aromatic heterocycles. The largest absolute Gasteiger partial charge is 0.490 e. The lowest BCUT2D eigenvalue weighted by atomic mass is 10.1. The highest BCUT2D eigenvalue weighted by Crippen LogP contribution is 2.40. The van der Waals surface area contributed by atoms with E-state index < -0.39 is 0 Å². The van der Waals surface area contributed by atoms with Crippen LogP contribution >= 0.6 is 46.6 Å². The van der Waals surface area contributed by atoms with Gasteiger partial charge in [0, 0.05) is 25.3 Å². The molecule has 0 N–H and O–H groups in total. The van der Waals surface area contributed by atoms with Crippen LogP contribution in [0.4, 0.5) is 11.4 Å². The van der Waals surface area contributed by atoms with Crippen molar-refractivity contribution in [2.24, 2.45) is 4.99 Å². The molecule has 5 rings (SSSR count). The van der Waals surface area contributed by atoms with Crippen LogP contribution in [0.25, 0.3) is 6.08 Å². The molecule has 0 radical (unpaired) electrons. The van der Waals surface area contributed by atoms with E-state index in [9.17, 15) is 4.79 Å². The van der Waals surface area contributed by atoms with Gasteiger partial charge in [0.15, 0.2) is 16.7 Å². The number of carbonyl (C=O) groups is 1. The zero-order valence-corrected chi connectivity index (χ0v) is 26.6. The molecule has 10 heteroatoms. The summed E-state index contributed by atoms with van der Waals surface area (Å²) in [4.78, 5) is 22.8. The number of aliphatic imine (C=N–C) groups is 1. The minimum absolute atomic E-state index is 0.0970. The first-order valence-corrected chi connectivity index (χ1v) is 16.0. The number of rotatable bonds is 9. The molecule has 2 aliphatic heterocycles. The molecule has 0 saturated carbocycles. The lowest BCUT2D eigenvalue weighted by Crippen LogP contribution is -2.29. The van der Waals surface area contributed by atoms with Crippen molar-refractivity contribution < 1.29 is 14.3 Å². The van der Waals surface area contributed by atoms with Crippen LogP contribution < -0.4 is 14.4 Å². The third-order valence-corrected chi connectivity index (χ3v) is 9.02.